The Bertz CT molecular complexity index is 494. The van der Waals surface area contributed by atoms with Gasteiger partial charge in [-0.2, -0.15) is 4.31 Å². The van der Waals surface area contributed by atoms with E-state index >= 15 is 0 Å². The van der Waals surface area contributed by atoms with E-state index < -0.39 is 10.0 Å². The van der Waals surface area contributed by atoms with Gasteiger partial charge in [0.05, 0.1) is 0 Å². The Labute approximate surface area is 122 Å². The Kier molecular flexibility index (Phi) is 6.04. The van der Waals surface area contributed by atoms with E-state index in [1.807, 2.05) is 13.8 Å². The van der Waals surface area contributed by atoms with Crippen LogP contribution >= 0.6 is 27.5 Å². The molecule has 0 aliphatic heterocycles. The van der Waals surface area contributed by atoms with Gasteiger partial charge in [0.15, 0.2) is 0 Å². The average Bonchev–Trinajstić information content (AvgIpc) is 2.28. The molecule has 18 heavy (non-hydrogen) atoms. The summed E-state index contributed by atoms with van der Waals surface area (Å²) in [6.07, 6.45) is 3.54. The van der Waals surface area contributed by atoms with Gasteiger partial charge >= 0.3 is 0 Å². The number of nitrogens with zero attached hydrogens (tertiary/aromatic N) is 2. The lowest BCUT2D eigenvalue weighted by Crippen LogP contribution is -2.37. The summed E-state index contributed by atoms with van der Waals surface area (Å²) >= 11 is 8.86. The second-order valence-corrected chi connectivity index (χ2v) is 7.28. The summed E-state index contributed by atoms with van der Waals surface area (Å²) < 4.78 is 27.0. The maximum Gasteiger partial charge on any atom is 0.244 e. The molecule has 0 unspecified atom stereocenters. The summed E-state index contributed by atoms with van der Waals surface area (Å²) in [6.45, 7) is 4.10. The Hall–Kier alpha value is -0.170. The zero-order chi connectivity index (χ0) is 13.8. The van der Waals surface area contributed by atoms with Crippen molar-refractivity contribution in [2.45, 2.75) is 31.2 Å². The maximum absolute atomic E-state index is 12.5. The molecule has 1 heterocycles. The average molecular weight is 356 g/mol. The van der Waals surface area contributed by atoms with Gasteiger partial charge in [-0.1, -0.05) is 0 Å². The van der Waals surface area contributed by atoms with Gasteiger partial charge in [-0.3, -0.25) is 4.98 Å². The molecule has 1 rings (SSSR count). The van der Waals surface area contributed by atoms with Crippen molar-refractivity contribution in [1.82, 2.24) is 9.29 Å². The summed E-state index contributed by atoms with van der Waals surface area (Å²) in [6, 6.07) is 1.44. The van der Waals surface area contributed by atoms with Gasteiger partial charge in [-0.05, 0) is 42.3 Å². The van der Waals surface area contributed by atoms with E-state index in [9.17, 15) is 8.42 Å². The van der Waals surface area contributed by atoms with Crippen LogP contribution in [0.25, 0.3) is 0 Å². The highest BCUT2D eigenvalue weighted by molar-refractivity contribution is 9.10. The van der Waals surface area contributed by atoms with Crippen molar-refractivity contribution in [3.63, 3.8) is 0 Å². The van der Waals surface area contributed by atoms with E-state index in [1.165, 1.54) is 10.5 Å². The van der Waals surface area contributed by atoms with Crippen molar-refractivity contribution in [2.75, 3.05) is 12.4 Å². The fourth-order valence-corrected chi connectivity index (χ4v) is 3.84. The number of rotatable bonds is 6. The molecule has 1 aromatic heterocycles. The van der Waals surface area contributed by atoms with Crippen LogP contribution in [0.15, 0.2) is 27.8 Å². The molecule has 0 bridgehead atoms. The molecule has 0 aliphatic carbocycles. The van der Waals surface area contributed by atoms with Gasteiger partial charge in [-0.15, -0.1) is 11.6 Å². The third kappa shape index (κ3) is 3.91. The highest BCUT2D eigenvalue weighted by Crippen LogP contribution is 2.20. The lowest BCUT2D eigenvalue weighted by atomic mass is 10.4. The van der Waals surface area contributed by atoms with Gasteiger partial charge in [0.2, 0.25) is 10.0 Å². The monoisotopic (exact) mass is 354 g/mol. The molecule has 0 atom stereocenters. The maximum atomic E-state index is 12.5. The number of halogens is 2. The van der Waals surface area contributed by atoms with Crippen LogP contribution in [0.4, 0.5) is 0 Å². The van der Waals surface area contributed by atoms with Crippen LogP contribution in [0.5, 0.6) is 0 Å². The standard InChI is InChI=1S/C11H16BrClN2O2S/c1-9(2)15(5-3-4-13)18(16,17)11-6-10(12)7-14-8-11/h6-9H,3-5H2,1-2H3. The van der Waals surface area contributed by atoms with E-state index in [-0.39, 0.29) is 10.9 Å². The molecule has 0 amide bonds. The smallest absolute Gasteiger partial charge is 0.244 e. The molecule has 0 saturated carbocycles. The lowest BCUT2D eigenvalue weighted by molar-refractivity contribution is 0.354. The Morgan fingerprint density at radius 3 is 2.61 bits per heavy atom. The highest BCUT2D eigenvalue weighted by atomic mass is 79.9. The van der Waals surface area contributed by atoms with Gasteiger partial charge in [0, 0.05) is 35.3 Å². The van der Waals surface area contributed by atoms with Crippen molar-refractivity contribution >= 4 is 37.6 Å². The van der Waals surface area contributed by atoms with E-state index in [4.69, 9.17) is 11.6 Å². The predicted molar refractivity (Wildman–Crippen MR) is 76.3 cm³/mol. The van der Waals surface area contributed by atoms with Gasteiger partial charge in [-0.25, -0.2) is 8.42 Å². The first-order chi connectivity index (χ1) is 8.39. The van der Waals surface area contributed by atoms with E-state index in [0.717, 1.165) is 0 Å². The normalized spacial score (nSPS) is 12.3. The topological polar surface area (TPSA) is 50.3 Å². The first kappa shape index (κ1) is 15.9. The molecule has 0 N–H and O–H groups in total. The third-order valence-electron chi connectivity index (χ3n) is 2.37. The molecule has 0 radical (unpaired) electrons. The molecule has 0 fully saturated rings. The minimum Gasteiger partial charge on any atom is -0.262 e. The zero-order valence-electron chi connectivity index (χ0n) is 10.3. The minimum atomic E-state index is -3.51. The summed E-state index contributed by atoms with van der Waals surface area (Å²) in [7, 11) is -3.51. The Morgan fingerprint density at radius 2 is 2.11 bits per heavy atom. The van der Waals surface area contributed by atoms with Crippen LogP contribution in [0.1, 0.15) is 20.3 Å². The first-order valence-electron chi connectivity index (χ1n) is 5.58. The minimum absolute atomic E-state index is 0.114. The predicted octanol–water partition coefficient (Wildman–Crippen LogP) is 2.87. The van der Waals surface area contributed by atoms with Crippen molar-refractivity contribution in [3.8, 4) is 0 Å². The van der Waals surface area contributed by atoms with Crippen molar-refractivity contribution in [1.29, 1.82) is 0 Å². The molecule has 0 aromatic carbocycles. The van der Waals surface area contributed by atoms with E-state index in [0.29, 0.717) is 23.3 Å². The van der Waals surface area contributed by atoms with Crippen molar-refractivity contribution in [3.05, 3.63) is 22.9 Å². The molecule has 0 saturated heterocycles. The summed E-state index contributed by atoms with van der Waals surface area (Å²) in [5.74, 6) is 0.440. The number of pyridine rings is 1. The van der Waals surface area contributed by atoms with E-state index in [1.54, 1.807) is 12.3 Å². The fourth-order valence-electron chi connectivity index (χ4n) is 1.54. The van der Waals surface area contributed by atoms with Crippen LogP contribution in [0, 0.1) is 0 Å². The highest BCUT2D eigenvalue weighted by Gasteiger charge is 2.26. The molecule has 102 valence electrons. The molecule has 4 nitrogen and oxygen atoms in total. The Morgan fingerprint density at radius 1 is 1.44 bits per heavy atom. The third-order valence-corrected chi connectivity index (χ3v) is 5.12. The number of alkyl halides is 1. The zero-order valence-corrected chi connectivity index (χ0v) is 13.5. The summed E-state index contributed by atoms with van der Waals surface area (Å²) in [4.78, 5) is 4.09. The fraction of sp³-hybridized carbons (Fsp3) is 0.545. The van der Waals surface area contributed by atoms with Crippen LogP contribution in [-0.4, -0.2) is 36.2 Å². The summed E-state index contributed by atoms with van der Waals surface area (Å²) in [5.41, 5.74) is 0. The number of hydrogen-bond acceptors (Lipinski definition) is 3. The number of hydrogen-bond donors (Lipinski definition) is 0. The van der Waals surface area contributed by atoms with Crippen LogP contribution in [0.3, 0.4) is 0 Å². The largest absolute Gasteiger partial charge is 0.262 e. The lowest BCUT2D eigenvalue weighted by Gasteiger charge is -2.25. The Balaban J connectivity index is 3.09. The van der Waals surface area contributed by atoms with Crippen LogP contribution < -0.4 is 0 Å². The van der Waals surface area contributed by atoms with Crippen LogP contribution in [-0.2, 0) is 10.0 Å². The molecule has 1 aromatic rings. The SMILES string of the molecule is CC(C)N(CCCCl)S(=O)(=O)c1cncc(Br)c1. The number of aromatic nitrogens is 1. The molecule has 0 spiro atoms. The quantitative estimate of drug-likeness (QED) is 0.737. The van der Waals surface area contributed by atoms with Gasteiger partial charge in [0.1, 0.15) is 4.90 Å². The van der Waals surface area contributed by atoms with Crippen molar-refractivity contribution in [2.24, 2.45) is 0 Å². The molecule has 0 aliphatic rings. The summed E-state index contributed by atoms with van der Waals surface area (Å²) in [5, 5.41) is 0. The molecule has 7 heteroatoms. The first-order valence-corrected chi connectivity index (χ1v) is 8.34. The molecular formula is C11H16BrClN2O2S. The second-order valence-electron chi connectivity index (χ2n) is 4.09. The number of sulfonamides is 1. The molecular weight excluding hydrogens is 340 g/mol. The van der Waals surface area contributed by atoms with Gasteiger partial charge in [0.25, 0.3) is 0 Å². The second kappa shape index (κ2) is 6.84. The van der Waals surface area contributed by atoms with Crippen LogP contribution in [0.2, 0.25) is 0 Å². The van der Waals surface area contributed by atoms with E-state index in [2.05, 4.69) is 20.9 Å². The van der Waals surface area contributed by atoms with Gasteiger partial charge < -0.3 is 0 Å². The van der Waals surface area contributed by atoms with Crippen molar-refractivity contribution < 1.29 is 8.42 Å².